The Kier molecular flexibility index (Phi) is 6.96. The second-order valence-corrected chi connectivity index (χ2v) is 4.59. The van der Waals surface area contributed by atoms with Gasteiger partial charge in [-0.3, -0.25) is 4.79 Å². The number of aryl methyl sites for hydroxylation is 1. The summed E-state index contributed by atoms with van der Waals surface area (Å²) in [5.74, 6) is -0.507. The monoisotopic (exact) mass is 290 g/mol. The zero-order valence-corrected chi connectivity index (χ0v) is 13.6. The zero-order chi connectivity index (χ0) is 15.8. The average molecular weight is 290 g/mol. The number of esters is 1. The van der Waals surface area contributed by atoms with Gasteiger partial charge in [-0.15, -0.1) is 0 Å². The first kappa shape index (κ1) is 17.2. The van der Waals surface area contributed by atoms with E-state index in [1.807, 2.05) is 45.9 Å². The number of fused-ring (bicyclic) bond motifs is 1. The van der Waals surface area contributed by atoms with Crippen molar-refractivity contribution in [3.63, 3.8) is 0 Å². The third-order valence-corrected chi connectivity index (χ3v) is 3.44. The van der Waals surface area contributed by atoms with Gasteiger partial charge in [0.15, 0.2) is 0 Å². The zero-order valence-electron chi connectivity index (χ0n) is 13.6. The van der Waals surface area contributed by atoms with Crippen LogP contribution in [-0.4, -0.2) is 31.2 Å². The van der Waals surface area contributed by atoms with Crippen LogP contribution in [0.25, 0.3) is 10.9 Å². The number of hydrogen-bond donors (Lipinski definition) is 2. The molecule has 0 saturated heterocycles. The molecule has 0 fully saturated rings. The van der Waals surface area contributed by atoms with Crippen molar-refractivity contribution >= 4 is 16.9 Å². The summed E-state index contributed by atoms with van der Waals surface area (Å²) in [6, 6.07) is 8.07. The van der Waals surface area contributed by atoms with Gasteiger partial charge in [-0.05, 0) is 25.1 Å². The Bertz CT molecular complexity index is 575. The second kappa shape index (κ2) is 8.47. The number of benzene rings is 1. The van der Waals surface area contributed by atoms with Crippen LogP contribution >= 0.6 is 0 Å². The van der Waals surface area contributed by atoms with Gasteiger partial charge in [0.2, 0.25) is 0 Å². The van der Waals surface area contributed by atoms with E-state index in [1.165, 1.54) is 7.11 Å². The highest BCUT2D eigenvalue weighted by Crippen LogP contribution is 2.27. The number of nitrogens with one attached hydrogen (secondary N) is 2. The first-order valence-electron chi connectivity index (χ1n) is 7.54. The van der Waals surface area contributed by atoms with Gasteiger partial charge in [0, 0.05) is 23.1 Å². The molecule has 4 nitrogen and oxygen atoms in total. The van der Waals surface area contributed by atoms with Crippen LogP contribution in [0, 0.1) is 6.92 Å². The molecule has 1 atom stereocenters. The summed E-state index contributed by atoms with van der Waals surface area (Å²) < 4.78 is 4.92. The lowest BCUT2D eigenvalue weighted by Crippen LogP contribution is -2.28. The molecule has 1 heterocycles. The van der Waals surface area contributed by atoms with Crippen molar-refractivity contribution < 1.29 is 9.53 Å². The van der Waals surface area contributed by atoms with Gasteiger partial charge in [-0.25, -0.2) is 0 Å². The van der Waals surface area contributed by atoms with Crippen LogP contribution in [0.4, 0.5) is 0 Å². The van der Waals surface area contributed by atoms with E-state index in [2.05, 4.69) is 16.4 Å². The Hall–Kier alpha value is -1.81. The predicted molar refractivity (Wildman–Crippen MR) is 87.7 cm³/mol. The highest BCUT2D eigenvalue weighted by molar-refractivity contribution is 5.88. The molecule has 1 aromatic carbocycles. The van der Waals surface area contributed by atoms with Crippen molar-refractivity contribution in [1.29, 1.82) is 0 Å². The minimum Gasteiger partial charge on any atom is -0.468 e. The Morgan fingerprint density at radius 2 is 2.00 bits per heavy atom. The maximum Gasteiger partial charge on any atom is 0.315 e. The first-order valence-corrected chi connectivity index (χ1v) is 7.54. The molecule has 4 heteroatoms. The molecule has 0 amide bonds. The van der Waals surface area contributed by atoms with Crippen LogP contribution in [-0.2, 0) is 9.53 Å². The van der Waals surface area contributed by atoms with Crippen LogP contribution in [0.3, 0.4) is 0 Å². The summed E-state index contributed by atoms with van der Waals surface area (Å²) in [4.78, 5) is 15.3. The number of methoxy groups -OCH3 is 1. The Balaban J connectivity index is 0.00000106. The second-order valence-electron chi connectivity index (χ2n) is 4.59. The predicted octanol–water partition coefficient (Wildman–Crippen LogP) is 3.37. The minimum atomic E-state index is -0.294. The molecular weight excluding hydrogens is 264 g/mol. The lowest BCUT2D eigenvalue weighted by atomic mass is 10.0. The van der Waals surface area contributed by atoms with Gasteiger partial charge in [0.25, 0.3) is 0 Å². The highest BCUT2D eigenvalue weighted by atomic mass is 16.5. The van der Waals surface area contributed by atoms with E-state index in [9.17, 15) is 4.79 Å². The van der Waals surface area contributed by atoms with Gasteiger partial charge in [0.1, 0.15) is 5.92 Å². The molecule has 0 aliphatic rings. The topological polar surface area (TPSA) is 54.1 Å². The summed E-state index contributed by atoms with van der Waals surface area (Å²) in [5, 5.41) is 4.37. The fraction of sp³-hybridized carbons (Fsp3) is 0.471. The Morgan fingerprint density at radius 1 is 1.33 bits per heavy atom. The molecule has 2 aromatic rings. The van der Waals surface area contributed by atoms with E-state index in [-0.39, 0.29) is 11.9 Å². The fourth-order valence-corrected chi connectivity index (χ4v) is 2.39. The average Bonchev–Trinajstić information content (AvgIpc) is 2.87. The number of carbonyl (C=O) groups excluding carboxylic acids is 1. The van der Waals surface area contributed by atoms with Crippen LogP contribution in [0.1, 0.15) is 37.9 Å². The van der Waals surface area contributed by atoms with E-state index < -0.39 is 0 Å². The summed E-state index contributed by atoms with van der Waals surface area (Å²) in [6.45, 7) is 9.46. The normalized spacial score (nSPS) is 11.7. The Morgan fingerprint density at radius 3 is 2.57 bits per heavy atom. The third kappa shape index (κ3) is 3.85. The number of ether oxygens (including phenoxy) is 1. The van der Waals surface area contributed by atoms with E-state index in [0.717, 1.165) is 28.7 Å². The van der Waals surface area contributed by atoms with Crippen molar-refractivity contribution in [2.24, 2.45) is 0 Å². The standard InChI is InChI=1S/C15H20N2O2.C2H6/c1-4-16-9-12(15(18)19-3)14-10(2)11-7-5-6-8-13(11)17-14;1-2/h5-8,12,16-17H,4,9H2,1-3H3;1-2H3. The molecular formula is C17H26N2O2. The van der Waals surface area contributed by atoms with Crippen LogP contribution in [0.15, 0.2) is 24.3 Å². The molecule has 0 aliphatic carbocycles. The molecule has 1 aromatic heterocycles. The summed E-state index contributed by atoms with van der Waals surface area (Å²) in [7, 11) is 1.43. The number of hydrogen-bond acceptors (Lipinski definition) is 3. The molecule has 0 aliphatic heterocycles. The molecule has 0 spiro atoms. The van der Waals surface area contributed by atoms with E-state index >= 15 is 0 Å². The summed E-state index contributed by atoms with van der Waals surface area (Å²) in [6.07, 6.45) is 0. The molecule has 1 unspecified atom stereocenters. The molecule has 0 saturated carbocycles. The van der Waals surface area contributed by atoms with Gasteiger partial charge in [-0.1, -0.05) is 39.0 Å². The maximum absolute atomic E-state index is 12.0. The van der Waals surface area contributed by atoms with Crippen LogP contribution < -0.4 is 5.32 Å². The third-order valence-electron chi connectivity index (χ3n) is 3.44. The van der Waals surface area contributed by atoms with Crippen LogP contribution in [0.2, 0.25) is 0 Å². The quantitative estimate of drug-likeness (QED) is 0.830. The maximum atomic E-state index is 12.0. The largest absolute Gasteiger partial charge is 0.468 e. The first-order chi connectivity index (χ1) is 10.2. The van der Waals surface area contributed by atoms with Crippen molar-refractivity contribution in [3.05, 3.63) is 35.5 Å². The molecule has 116 valence electrons. The number of para-hydroxylation sites is 1. The number of likely N-dealkylation sites (N-methyl/N-ethyl adjacent to an activating group) is 1. The van der Waals surface area contributed by atoms with Crippen molar-refractivity contribution in [2.75, 3.05) is 20.2 Å². The smallest absolute Gasteiger partial charge is 0.315 e. The van der Waals surface area contributed by atoms with Crippen molar-refractivity contribution in [2.45, 2.75) is 33.6 Å². The SMILES string of the molecule is CC.CCNCC(C(=O)OC)c1[nH]c2ccccc2c1C. The molecule has 21 heavy (non-hydrogen) atoms. The van der Waals surface area contributed by atoms with Gasteiger partial charge in [0.05, 0.1) is 7.11 Å². The van der Waals surface area contributed by atoms with Gasteiger partial charge >= 0.3 is 5.97 Å². The fourth-order valence-electron chi connectivity index (χ4n) is 2.39. The highest BCUT2D eigenvalue weighted by Gasteiger charge is 2.25. The molecule has 0 bridgehead atoms. The van der Waals surface area contributed by atoms with Gasteiger partial charge < -0.3 is 15.0 Å². The lowest BCUT2D eigenvalue weighted by Gasteiger charge is -2.14. The minimum absolute atomic E-state index is 0.212. The summed E-state index contributed by atoms with van der Waals surface area (Å²) in [5.41, 5.74) is 3.11. The number of aromatic nitrogens is 1. The number of H-pyrrole nitrogens is 1. The number of rotatable bonds is 5. The number of aromatic amines is 1. The Labute approximate surface area is 126 Å². The summed E-state index contributed by atoms with van der Waals surface area (Å²) >= 11 is 0. The van der Waals surface area contributed by atoms with Crippen LogP contribution in [0.5, 0.6) is 0 Å². The molecule has 2 N–H and O–H groups in total. The van der Waals surface area contributed by atoms with Crippen molar-refractivity contribution in [3.8, 4) is 0 Å². The van der Waals surface area contributed by atoms with Crippen molar-refractivity contribution in [1.82, 2.24) is 10.3 Å². The van der Waals surface area contributed by atoms with E-state index in [1.54, 1.807) is 0 Å². The number of carbonyl (C=O) groups is 1. The van der Waals surface area contributed by atoms with Gasteiger partial charge in [-0.2, -0.15) is 0 Å². The molecule has 2 rings (SSSR count). The molecule has 0 radical (unpaired) electrons. The van der Waals surface area contributed by atoms with E-state index in [0.29, 0.717) is 6.54 Å². The lowest BCUT2D eigenvalue weighted by molar-refractivity contribution is -0.142. The van der Waals surface area contributed by atoms with E-state index in [4.69, 9.17) is 4.74 Å².